The summed E-state index contributed by atoms with van der Waals surface area (Å²) >= 11 is 0. The highest BCUT2D eigenvalue weighted by Crippen LogP contribution is 2.32. The fraction of sp³-hybridized carbons (Fsp3) is 0.571. The number of nitriles is 1. The fourth-order valence-electron chi connectivity index (χ4n) is 5.21. The summed E-state index contributed by atoms with van der Waals surface area (Å²) in [6.07, 6.45) is 6.98. The van der Waals surface area contributed by atoms with E-state index in [9.17, 15) is 9.65 Å². The van der Waals surface area contributed by atoms with Gasteiger partial charge in [-0.25, -0.2) is 9.37 Å². The highest BCUT2D eigenvalue weighted by atomic mass is 19.1. The summed E-state index contributed by atoms with van der Waals surface area (Å²) in [6.45, 7) is 4.63. The molecule has 0 unspecified atom stereocenters. The van der Waals surface area contributed by atoms with Crippen molar-refractivity contribution >= 4 is 11.5 Å². The van der Waals surface area contributed by atoms with Crippen LogP contribution in [0.4, 0.5) is 15.9 Å². The second-order valence-electron chi connectivity index (χ2n) is 10.2. The molecule has 2 heterocycles. The Bertz CT molecular complexity index is 1030. The van der Waals surface area contributed by atoms with Gasteiger partial charge in [-0.15, -0.1) is 0 Å². The first kappa shape index (κ1) is 26.3. The van der Waals surface area contributed by atoms with Gasteiger partial charge in [0.25, 0.3) is 0 Å². The number of nitrogens with one attached hydrogen (secondary N) is 3. The van der Waals surface area contributed by atoms with Crippen molar-refractivity contribution in [2.45, 2.75) is 63.6 Å². The standard InChI is InChI=1S/C28H38FN5O2/c1-20(17-35-2)33-22-6-8-23(9-7-22)34-27-15-25(26(29)16-31-27)21-4-3-5-24(14-21)32-19-28(18-30)10-12-36-13-11-28/h3-5,14-16,20,22-23,32-33H,6-13,17,19H2,1-2H3,(H,31,34)/t20-,22-,23-/m1/s1. The summed E-state index contributed by atoms with van der Waals surface area (Å²) in [4.78, 5) is 4.31. The molecule has 0 amide bonds. The van der Waals surface area contributed by atoms with Gasteiger partial charge in [0.05, 0.1) is 24.3 Å². The smallest absolute Gasteiger partial charge is 0.149 e. The van der Waals surface area contributed by atoms with Crippen LogP contribution in [0.25, 0.3) is 11.1 Å². The van der Waals surface area contributed by atoms with E-state index in [-0.39, 0.29) is 5.82 Å². The molecule has 0 bridgehead atoms. The molecular formula is C28H38FN5O2. The van der Waals surface area contributed by atoms with Crippen LogP contribution >= 0.6 is 0 Å². The van der Waals surface area contributed by atoms with Gasteiger partial charge in [0.1, 0.15) is 11.6 Å². The number of hydrogen-bond donors (Lipinski definition) is 3. The van der Waals surface area contributed by atoms with E-state index in [0.29, 0.717) is 68.7 Å². The largest absolute Gasteiger partial charge is 0.383 e. The van der Waals surface area contributed by atoms with Gasteiger partial charge in [0.15, 0.2) is 0 Å². The normalized spacial score (nSPS) is 22.4. The first-order chi connectivity index (χ1) is 17.5. The van der Waals surface area contributed by atoms with E-state index in [1.165, 1.54) is 6.20 Å². The lowest BCUT2D eigenvalue weighted by Crippen LogP contribution is -2.42. The van der Waals surface area contributed by atoms with Crippen LogP contribution in [0.3, 0.4) is 0 Å². The summed E-state index contributed by atoms with van der Waals surface area (Å²) in [5.41, 5.74) is 1.73. The third kappa shape index (κ3) is 6.94. The van der Waals surface area contributed by atoms with Crippen molar-refractivity contribution < 1.29 is 13.9 Å². The van der Waals surface area contributed by atoms with Crippen molar-refractivity contribution in [3.63, 3.8) is 0 Å². The maximum absolute atomic E-state index is 14.8. The summed E-state index contributed by atoms with van der Waals surface area (Å²) in [6, 6.07) is 13.1. The Morgan fingerprint density at radius 2 is 1.94 bits per heavy atom. The number of methoxy groups -OCH3 is 1. The van der Waals surface area contributed by atoms with E-state index < -0.39 is 5.41 Å². The minimum atomic E-state index is -0.427. The van der Waals surface area contributed by atoms with Crippen LogP contribution in [0.5, 0.6) is 0 Å². The number of anilines is 2. The topological polar surface area (TPSA) is 91.2 Å². The average Bonchev–Trinajstić information content (AvgIpc) is 2.90. The van der Waals surface area contributed by atoms with E-state index in [1.54, 1.807) is 13.2 Å². The molecule has 36 heavy (non-hydrogen) atoms. The van der Waals surface area contributed by atoms with Crippen molar-refractivity contribution in [2.24, 2.45) is 5.41 Å². The van der Waals surface area contributed by atoms with E-state index in [0.717, 1.165) is 36.9 Å². The molecule has 3 N–H and O–H groups in total. The predicted octanol–water partition coefficient (Wildman–Crippen LogP) is 4.97. The van der Waals surface area contributed by atoms with Crippen molar-refractivity contribution in [1.29, 1.82) is 5.26 Å². The fourth-order valence-corrected chi connectivity index (χ4v) is 5.21. The Hall–Kier alpha value is -2.73. The molecule has 1 saturated carbocycles. The Balaban J connectivity index is 1.37. The molecule has 194 valence electrons. The number of hydrogen-bond acceptors (Lipinski definition) is 7. The Labute approximate surface area is 213 Å². The van der Waals surface area contributed by atoms with Crippen LogP contribution in [0.2, 0.25) is 0 Å². The number of pyridine rings is 1. The molecule has 0 spiro atoms. The molecule has 1 aromatic heterocycles. The number of nitrogens with zero attached hydrogens (tertiary/aromatic N) is 2. The van der Waals surface area contributed by atoms with E-state index in [2.05, 4.69) is 33.9 Å². The van der Waals surface area contributed by atoms with Gasteiger partial charge in [-0.2, -0.15) is 5.26 Å². The van der Waals surface area contributed by atoms with Crippen molar-refractivity contribution in [3.8, 4) is 17.2 Å². The zero-order valence-electron chi connectivity index (χ0n) is 21.4. The minimum Gasteiger partial charge on any atom is -0.383 e. The van der Waals surface area contributed by atoms with Gasteiger partial charge in [-0.05, 0) is 69.2 Å². The zero-order chi connectivity index (χ0) is 25.4. The highest BCUT2D eigenvalue weighted by Gasteiger charge is 2.32. The van der Waals surface area contributed by atoms with E-state index in [1.807, 2.05) is 24.3 Å². The second-order valence-corrected chi connectivity index (χ2v) is 10.2. The molecule has 0 radical (unpaired) electrons. The molecule has 2 aromatic rings. The van der Waals surface area contributed by atoms with Gasteiger partial charge in [0, 0.05) is 56.2 Å². The molecule has 1 aromatic carbocycles. The number of halogens is 1. The zero-order valence-corrected chi connectivity index (χ0v) is 21.4. The third-order valence-electron chi connectivity index (χ3n) is 7.36. The molecule has 7 nitrogen and oxygen atoms in total. The van der Waals surface area contributed by atoms with Gasteiger partial charge in [-0.1, -0.05) is 12.1 Å². The van der Waals surface area contributed by atoms with Crippen LogP contribution < -0.4 is 16.0 Å². The summed E-state index contributed by atoms with van der Waals surface area (Å²) in [7, 11) is 1.73. The molecule has 1 saturated heterocycles. The lowest BCUT2D eigenvalue weighted by atomic mass is 9.81. The molecule has 4 rings (SSSR count). The second kappa shape index (κ2) is 12.5. The Morgan fingerprint density at radius 1 is 1.19 bits per heavy atom. The van der Waals surface area contributed by atoms with Crippen LogP contribution in [-0.2, 0) is 9.47 Å². The first-order valence-corrected chi connectivity index (χ1v) is 13.0. The van der Waals surface area contributed by atoms with Crippen LogP contribution in [0.15, 0.2) is 36.5 Å². The van der Waals surface area contributed by atoms with E-state index >= 15 is 0 Å². The molecule has 2 fully saturated rings. The number of rotatable bonds is 10. The minimum absolute atomic E-state index is 0.321. The van der Waals surface area contributed by atoms with Gasteiger partial charge < -0.3 is 25.4 Å². The average molecular weight is 496 g/mol. The van der Waals surface area contributed by atoms with Crippen molar-refractivity contribution in [2.75, 3.05) is 44.1 Å². The maximum atomic E-state index is 14.8. The third-order valence-corrected chi connectivity index (χ3v) is 7.36. The Morgan fingerprint density at radius 3 is 2.67 bits per heavy atom. The summed E-state index contributed by atoms with van der Waals surface area (Å²) in [5, 5.41) is 20.3. The predicted molar refractivity (Wildman–Crippen MR) is 140 cm³/mol. The monoisotopic (exact) mass is 495 g/mol. The molecule has 1 aliphatic heterocycles. The molecular weight excluding hydrogens is 457 g/mol. The van der Waals surface area contributed by atoms with Gasteiger partial charge in [-0.3, -0.25) is 0 Å². The Kier molecular flexibility index (Phi) is 9.13. The van der Waals surface area contributed by atoms with Crippen LogP contribution in [0.1, 0.15) is 45.4 Å². The first-order valence-electron chi connectivity index (χ1n) is 13.0. The molecule has 1 atom stereocenters. The number of benzene rings is 1. The van der Waals surface area contributed by atoms with Crippen molar-refractivity contribution in [3.05, 3.63) is 42.3 Å². The highest BCUT2D eigenvalue weighted by molar-refractivity contribution is 5.70. The lowest BCUT2D eigenvalue weighted by Gasteiger charge is -2.32. The van der Waals surface area contributed by atoms with E-state index in [4.69, 9.17) is 9.47 Å². The summed E-state index contributed by atoms with van der Waals surface area (Å²) in [5.74, 6) is 0.343. The summed E-state index contributed by atoms with van der Waals surface area (Å²) < 4.78 is 25.5. The van der Waals surface area contributed by atoms with Crippen LogP contribution in [0, 0.1) is 22.6 Å². The molecule has 1 aliphatic carbocycles. The van der Waals surface area contributed by atoms with Crippen LogP contribution in [-0.4, -0.2) is 56.6 Å². The van der Waals surface area contributed by atoms with Crippen molar-refractivity contribution in [1.82, 2.24) is 10.3 Å². The molecule has 8 heteroatoms. The lowest BCUT2D eigenvalue weighted by molar-refractivity contribution is 0.0456. The quantitative estimate of drug-likeness (QED) is 0.429. The number of aromatic nitrogens is 1. The molecule has 2 aliphatic rings. The van der Waals surface area contributed by atoms with Gasteiger partial charge >= 0.3 is 0 Å². The number of ether oxygens (including phenoxy) is 2. The maximum Gasteiger partial charge on any atom is 0.149 e. The SMILES string of the molecule is COC[C@@H](C)N[C@H]1CC[C@H](Nc2cc(-c3cccc(NCC4(C#N)CCOCC4)c3)c(F)cn2)CC1. The van der Waals surface area contributed by atoms with Gasteiger partial charge in [0.2, 0.25) is 0 Å².